The van der Waals surface area contributed by atoms with Crippen LogP contribution in [0.4, 0.5) is 0 Å². The summed E-state index contributed by atoms with van der Waals surface area (Å²) in [6.45, 7) is 12.5. The van der Waals surface area contributed by atoms with Gasteiger partial charge >= 0.3 is 0 Å². The lowest BCUT2D eigenvalue weighted by atomic mass is 9.97. The van der Waals surface area contributed by atoms with Crippen LogP contribution in [-0.4, -0.2) is 14.9 Å². The number of hydrogen-bond donors (Lipinski definition) is 0. The van der Waals surface area contributed by atoms with Crippen LogP contribution in [0.1, 0.15) is 39.2 Å². The minimum absolute atomic E-state index is 0.291. The summed E-state index contributed by atoms with van der Waals surface area (Å²) in [4.78, 5) is 0. The van der Waals surface area contributed by atoms with Crippen molar-refractivity contribution in [2.45, 2.75) is 57.2 Å². The minimum Gasteiger partial charge on any atom is -0.416 e. The second kappa shape index (κ2) is 5.01. The molecule has 19 heavy (non-hydrogen) atoms. The zero-order valence-electron chi connectivity index (χ0n) is 12.7. The highest BCUT2D eigenvalue weighted by molar-refractivity contribution is 9.10. The van der Waals surface area contributed by atoms with E-state index in [2.05, 4.69) is 74.1 Å². The number of hydrogen-bond acceptors (Lipinski definition) is 1. The van der Waals surface area contributed by atoms with Crippen molar-refractivity contribution in [1.82, 2.24) is 0 Å². The predicted molar refractivity (Wildman–Crippen MR) is 88.2 cm³/mol. The summed E-state index contributed by atoms with van der Waals surface area (Å²) in [5, 5.41) is 0.292. The van der Waals surface area contributed by atoms with E-state index in [0.29, 0.717) is 10.5 Å². The molecule has 0 saturated heterocycles. The van der Waals surface area contributed by atoms with Crippen LogP contribution in [0.15, 0.2) is 28.7 Å². The zero-order valence-corrected chi connectivity index (χ0v) is 15.3. The standard InChI is InChI=1S/C16H25BrOSi/c1-15(2,3)19(4,5)18-12-16(9-10-16)13-7-6-8-14(17)11-13/h6-8,11H,9-10,12H2,1-5H3. The van der Waals surface area contributed by atoms with Gasteiger partial charge in [-0.25, -0.2) is 0 Å². The van der Waals surface area contributed by atoms with Crippen molar-refractivity contribution in [3.05, 3.63) is 34.3 Å². The van der Waals surface area contributed by atoms with Gasteiger partial charge in [-0.1, -0.05) is 48.8 Å². The average Bonchev–Trinajstić information content (AvgIpc) is 3.06. The lowest BCUT2D eigenvalue weighted by molar-refractivity contribution is 0.253. The molecule has 1 aromatic rings. The van der Waals surface area contributed by atoms with Crippen LogP contribution in [0, 0.1) is 0 Å². The summed E-state index contributed by atoms with van der Waals surface area (Å²) in [6, 6.07) is 8.72. The van der Waals surface area contributed by atoms with E-state index in [1.165, 1.54) is 22.9 Å². The molecule has 106 valence electrons. The third-order valence-corrected chi connectivity index (χ3v) is 9.78. The van der Waals surface area contributed by atoms with Crippen LogP contribution in [0.25, 0.3) is 0 Å². The molecular formula is C16H25BrOSi. The smallest absolute Gasteiger partial charge is 0.192 e. The highest BCUT2D eigenvalue weighted by atomic mass is 79.9. The zero-order chi connectivity index (χ0) is 14.3. The Bertz CT molecular complexity index is 458. The first kappa shape index (κ1) is 15.3. The van der Waals surface area contributed by atoms with Crippen LogP contribution in [0.3, 0.4) is 0 Å². The molecule has 1 aromatic carbocycles. The molecule has 1 nitrogen and oxygen atoms in total. The first-order valence-corrected chi connectivity index (χ1v) is 10.8. The Balaban J connectivity index is 2.08. The fourth-order valence-corrected chi connectivity index (χ4v) is 3.49. The van der Waals surface area contributed by atoms with Gasteiger partial charge in [-0.05, 0) is 48.7 Å². The van der Waals surface area contributed by atoms with E-state index in [0.717, 1.165) is 6.61 Å². The number of benzene rings is 1. The second-order valence-electron chi connectivity index (χ2n) is 7.34. The summed E-state index contributed by atoms with van der Waals surface area (Å²) < 4.78 is 7.61. The van der Waals surface area contributed by atoms with Crippen molar-refractivity contribution in [3.8, 4) is 0 Å². The number of halogens is 1. The Morgan fingerprint density at radius 2 is 1.89 bits per heavy atom. The van der Waals surface area contributed by atoms with E-state index in [-0.39, 0.29) is 0 Å². The first-order chi connectivity index (χ1) is 8.66. The topological polar surface area (TPSA) is 9.23 Å². The summed E-state index contributed by atoms with van der Waals surface area (Å²) >= 11 is 3.57. The molecule has 1 aliphatic carbocycles. The highest BCUT2D eigenvalue weighted by Crippen LogP contribution is 2.50. The Labute approximate surface area is 127 Å². The van der Waals surface area contributed by atoms with E-state index < -0.39 is 8.32 Å². The van der Waals surface area contributed by atoms with Gasteiger partial charge in [0.05, 0.1) is 0 Å². The molecule has 0 radical (unpaired) electrons. The summed E-state index contributed by atoms with van der Waals surface area (Å²) in [7, 11) is -1.63. The molecule has 1 aliphatic rings. The Morgan fingerprint density at radius 3 is 2.37 bits per heavy atom. The molecular weight excluding hydrogens is 316 g/mol. The van der Waals surface area contributed by atoms with Gasteiger partial charge in [-0.3, -0.25) is 0 Å². The van der Waals surface area contributed by atoms with E-state index in [1.807, 2.05) is 0 Å². The average molecular weight is 341 g/mol. The van der Waals surface area contributed by atoms with Crippen LogP contribution in [0.5, 0.6) is 0 Å². The van der Waals surface area contributed by atoms with Crippen LogP contribution < -0.4 is 0 Å². The lowest BCUT2D eigenvalue weighted by Gasteiger charge is -2.37. The quantitative estimate of drug-likeness (QED) is 0.657. The maximum Gasteiger partial charge on any atom is 0.192 e. The fourth-order valence-electron chi connectivity index (χ4n) is 2.02. The summed E-state index contributed by atoms with van der Waals surface area (Å²) in [5.74, 6) is 0. The monoisotopic (exact) mass is 340 g/mol. The van der Waals surface area contributed by atoms with Gasteiger partial charge in [-0.2, -0.15) is 0 Å². The van der Waals surface area contributed by atoms with Crippen molar-refractivity contribution in [2.75, 3.05) is 6.61 Å². The van der Waals surface area contributed by atoms with Crippen LogP contribution in [0.2, 0.25) is 18.1 Å². The van der Waals surface area contributed by atoms with Gasteiger partial charge in [0.25, 0.3) is 0 Å². The van der Waals surface area contributed by atoms with Crippen molar-refractivity contribution < 1.29 is 4.43 Å². The van der Waals surface area contributed by atoms with Gasteiger partial charge in [0.2, 0.25) is 0 Å². The molecule has 0 aliphatic heterocycles. The molecule has 0 atom stereocenters. The van der Waals surface area contributed by atoms with Crippen molar-refractivity contribution >= 4 is 24.2 Å². The van der Waals surface area contributed by atoms with Crippen molar-refractivity contribution in [3.63, 3.8) is 0 Å². The lowest BCUT2D eigenvalue weighted by Crippen LogP contribution is -2.42. The minimum atomic E-state index is -1.63. The molecule has 0 spiro atoms. The molecule has 0 bridgehead atoms. The fraction of sp³-hybridized carbons (Fsp3) is 0.625. The van der Waals surface area contributed by atoms with Crippen molar-refractivity contribution in [2.24, 2.45) is 0 Å². The van der Waals surface area contributed by atoms with Crippen molar-refractivity contribution in [1.29, 1.82) is 0 Å². The molecule has 3 heteroatoms. The first-order valence-electron chi connectivity index (χ1n) is 7.06. The van der Waals surface area contributed by atoms with Gasteiger partial charge in [0.15, 0.2) is 8.32 Å². The Kier molecular flexibility index (Phi) is 4.03. The maximum atomic E-state index is 6.44. The number of rotatable bonds is 4. The Hall–Kier alpha value is -0.123. The van der Waals surface area contributed by atoms with Gasteiger partial charge in [0, 0.05) is 16.5 Å². The summed E-state index contributed by atoms with van der Waals surface area (Å²) in [6.07, 6.45) is 2.52. The van der Waals surface area contributed by atoms with Gasteiger partial charge < -0.3 is 4.43 Å². The molecule has 0 aromatic heterocycles. The van der Waals surface area contributed by atoms with Gasteiger partial charge in [-0.15, -0.1) is 0 Å². The van der Waals surface area contributed by atoms with E-state index in [9.17, 15) is 0 Å². The summed E-state index contributed by atoms with van der Waals surface area (Å²) in [5.41, 5.74) is 1.72. The molecule has 0 amide bonds. The highest BCUT2D eigenvalue weighted by Gasteiger charge is 2.47. The second-order valence-corrected chi connectivity index (χ2v) is 13.1. The van der Waals surface area contributed by atoms with E-state index in [4.69, 9.17) is 4.43 Å². The SMILES string of the molecule is CC(C)(C)[Si](C)(C)OCC1(c2cccc(Br)c2)CC1. The van der Waals surface area contributed by atoms with Crippen LogP contribution >= 0.6 is 15.9 Å². The predicted octanol–water partition coefficient (Wildman–Crippen LogP) is 5.50. The molecule has 1 fully saturated rings. The molecule has 1 saturated carbocycles. The molecule has 0 unspecified atom stereocenters. The maximum absolute atomic E-state index is 6.44. The molecule has 2 rings (SSSR count). The van der Waals surface area contributed by atoms with E-state index in [1.54, 1.807) is 0 Å². The third-order valence-electron chi connectivity index (χ3n) is 4.81. The van der Waals surface area contributed by atoms with Crippen LogP contribution in [-0.2, 0) is 9.84 Å². The molecule has 0 heterocycles. The largest absolute Gasteiger partial charge is 0.416 e. The molecule has 0 N–H and O–H groups in total. The van der Waals surface area contributed by atoms with E-state index >= 15 is 0 Å². The third kappa shape index (κ3) is 3.31. The normalized spacial score (nSPS) is 18.4. The van der Waals surface area contributed by atoms with Gasteiger partial charge in [0.1, 0.15) is 0 Å². The Morgan fingerprint density at radius 1 is 1.26 bits per heavy atom.